The largest absolute Gasteiger partial charge is 0.379 e. The van der Waals surface area contributed by atoms with Gasteiger partial charge in [0.25, 0.3) is 0 Å². The Kier molecular flexibility index (Phi) is 6.01. The van der Waals surface area contributed by atoms with E-state index in [9.17, 15) is 8.42 Å². The molecular formula is C14H21ClN2O3S. The molecule has 21 heavy (non-hydrogen) atoms. The minimum Gasteiger partial charge on any atom is -0.379 e. The molecule has 1 saturated heterocycles. The predicted octanol–water partition coefficient (Wildman–Crippen LogP) is 1.65. The van der Waals surface area contributed by atoms with Crippen LogP contribution in [0.2, 0.25) is 5.02 Å². The number of benzene rings is 1. The fourth-order valence-corrected chi connectivity index (χ4v) is 3.18. The molecule has 1 atom stereocenters. The van der Waals surface area contributed by atoms with E-state index in [1.807, 2.05) is 24.3 Å². The fourth-order valence-electron chi connectivity index (χ4n) is 2.37. The summed E-state index contributed by atoms with van der Waals surface area (Å²) in [4.78, 5) is 2.23. The molecule has 118 valence electrons. The van der Waals surface area contributed by atoms with Gasteiger partial charge in [0.15, 0.2) is 0 Å². The van der Waals surface area contributed by atoms with Crippen molar-refractivity contribution in [2.24, 2.45) is 0 Å². The fraction of sp³-hybridized carbons (Fsp3) is 0.571. The Morgan fingerprint density at radius 1 is 1.38 bits per heavy atom. The third-order valence-corrected chi connectivity index (χ3v) is 5.20. The Hall–Kier alpha value is -0.660. The summed E-state index contributed by atoms with van der Waals surface area (Å²) in [6, 6.07) is 7.54. The van der Waals surface area contributed by atoms with Crippen LogP contribution in [-0.2, 0) is 14.8 Å². The van der Waals surface area contributed by atoms with E-state index < -0.39 is 10.0 Å². The van der Waals surface area contributed by atoms with Crippen LogP contribution >= 0.6 is 11.6 Å². The lowest BCUT2D eigenvalue weighted by Gasteiger charge is -2.35. The zero-order valence-corrected chi connectivity index (χ0v) is 13.7. The molecule has 5 nitrogen and oxygen atoms in total. The molecule has 0 radical (unpaired) electrons. The summed E-state index contributed by atoms with van der Waals surface area (Å²) in [7, 11) is -3.21. The molecule has 1 heterocycles. The van der Waals surface area contributed by atoms with E-state index in [1.165, 1.54) is 0 Å². The third-order valence-electron chi connectivity index (χ3n) is 3.60. The number of hydrogen-bond donors (Lipinski definition) is 1. The maximum atomic E-state index is 11.7. The molecule has 0 unspecified atom stereocenters. The first kappa shape index (κ1) is 16.7. The van der Waals surface area contributed by atoms with E-state index in [2.05, 4.69) is 9.62 Å². The number of morpholine rings is 1. The number of ether oxygens (including phenoxy) is 1. The highest BCUT2D eigenvalue weighted by molar-refractivity contribution is 7.89. The van der Waals surface area contributed by atoms with E-state index >= 15 is 0 Å². The molecule has 2 rings (SSSR count). The molecule has 1 aliphatic rings. The Labute approximate surface area is 131 Å². The van der Waals surface area contributed by atoms with Gasteiger partial charge in [-0.2, -0.15) is 0 Å². The maximum Gasteiger partial charge on any atom is 0.211 e. The minimum absolute atomic E-state index is 0.0334. The highest BCUT2D eigenvalue weighted by atomic mass is 35.5. The van der Waals surface area contributed by atoms with Crippen molar-refractivity contribution >= 4 is 21.6 Å². The van der Waals surface area contributed by atoms with Crippen molar-refractivity contribution in [3.8, 4) is 0 Å². The average molecular weight is 333 g/mol. The van der Waals surface area contributed by atoms with Crippen LogP contribution < -0.4 is 4.72 Å². The number of nitrogens with one attached hydrogen (secondary N) is 1. The molecule has 1 N–H and O–H groups in total. The predicted molar refractivity (Wildman–Crippen MR) is 84.0 cm³/mol. The number of sulfonamides is 1. The van der Waals surface area contributed by atoms with Crippen molar-refractivity contribution in [1.82, 2.24) is 9.62 Å². The normalized spacial score (nSPS) is 18.6. The van der Waals surface area contributed by atoms with Crippen LogP contribution in [0.3, 0.4) is 0 Å². The van der Waals surface area contributed by atoms with Gasteiger partial charge in [-0.15, -0.1) is 0 Å². The molecular weight excluding hydrogens is 312 g/mol. The molecule has 1 aromatic rings. The standard InChI is InChI=1S/C14H21ClN2O3S/c1-2-21(18,19)16-11-14(17-6-8-20-9-7-17)12-4-3-5-13(15)10-12/h3-5,10,14,16H,2,6-9,11H2,1H3/t14-/m0/s1. The minimum atomic E-state index is -3.21. The second-order valence-corrected chi connectivity index (χ2v) is 7.50. The van der Waals surface area contributed by atoms with Crippen LogP contribution in [0.15, 0.2) is 24.3 Å². The molecule has 0 bridgehead atoms. The summed E-state index contributed by atoms with van der Waals surface area (Å²) in [6.07, 6.45) is 0. The highest BCUT2D eigenvalue weighted by Crippen LogP contribution is 2.24. The average Bonchev–Trinajstić information content (AvgIpc) is 2.48. The Bertz CT molecular complexity index is 559. The van der Waals surface area contributed by atoms with E-state index in [0.29, 0.717) is 24.8 Å². The number of halogens is 1. The molecule has 0 spiro atoms. The van der Waals surface area contributed by atoms with Crippen molar-refractivity contribution in [3.05, 3.63) is 34.9 Å². The van der Waals surface area contributed by atoms with Crippen molar-refractivity contribution in [3.63, 3.8) is 0 Å². The Morgan fingerprint density at radius 2 is 2.10 bits per heavy atom. The SMILES string of the molecule is CCS(=O)(=O)NC[C@@H](c1cccc(Cl)c1)N1CCOCC1. The van der Waals surface area contributed by atoms with Crippen molar-refractivity contribution in [2.75, 3.05) is 38.6 Å². The van der Waals surface area contributed by atoms with Gasteiger partial charge in [-0.25, -0.2) is 13.1 Å². The van der Waals surface area contributed by atoms with E-state index in [0.717, 1.165) is 18.7 Å². The highest BCUT2D eigenvalue weighted by Gasteiger charge is 2.24. The van der Waals surface area contributed by atoms with Gasteiger partial charge in [-0.3, -0.25) is 4.90 Å². The van der Waals surface area contributed by atoms with Gasteiger partial charge in [0.2, 0.25) is 10.0 Å². The van der Waals surface area contributed by atoms with Gasteiger partial charge >= 0.3 is 0 Å². The Balaban J connectivity index is 2.17. The summed E-state index contributed by atoms with van der Waals surface area (Å²) in [5.41, 5.74) is 1.02. The van der Waals surface area contributed by atoms with Crippen LogP contribution in [0.25, 0.3) is 0 Å². The van der Waals surface area contributed by atoms with Gasteiger partial charge in [-0.05, 0) is 24.6 Å². The Morgan fingerprint density at radius 3 is 2.71 bits per heavy atom. The van der Waals surface area contributed by atoms with Crippen LogP contribution in [0.4, 0.5) is 0 Å². The lowest BCUT2D eigenvalue weighted by Crippen LogP contribution is -2.44. The lowest BCUT2D eigenvalue weighted by atomic mass is 10.1. The third kappa shape index (κ3) is 4.93. The molecule has 1 fully saturated rings. The van der Waals surface area contributed by atoms with Gasteiger partial charge in [0.05, 0.1) is 19.0 Å². The summed E-state index contributed by atoms with van der Waals surface area (Å²) < 4.78 is 31.4. The molecule has 0 saturated carbocycles. The number of rotatable bonds is 6. The second-order valence-electron chi connectivity index (χ2n) is 4.97. The number of hydrogen-bond acceptors (Lipinski definition) is 4. The van der Waals surface area contributed by atoms with E-state index in [-0.39, 0.29) is 11.8 Å². The second kappa shape index (κ2) is 7.56. The van der Waals surface area contributed by atoms with Gasteiger partial charge in [-0.1, -0.05) is 23.7 Å². The zero-order valence-electron chi connectivity index (χ0n) is 12.1. The summed E-state index contributed by atoms with van der Waals surface area (Å²) in [5, 5.41) is 0.657. The van der Waals surface area contributed by atoms with Crippen LogP contribution in [0, 0.1) is 0 Å². The summed E-state index contributed by atoms with van der Waals surface area (Å²) >= 11 is 6.06. The first-order valence-corrected chi connectivity index (χ1v) is 9.09. The molecule has 1 aromatic carbocycles. The molecule has 0 aliphatic carbocycles. The van der Waals surface area contributed by atoms with Gasteiger partial charge < -0.3 is 4.74 Å². The van der Waals surface area contributed by atoms with Gasteiger partial charge in [0.1, 0.15) is 0 Å². The van der Waals surface area contributed by atoms with Gasteiger partial charge in [0, 0.05) is 30.7 Å². The summed E-state index contributed by atoms with van der Waals surface area (Å²) in [5.74, 6) is 0.0817. The van der Waals surface area contributed by atoms with Crippen LogP contribution in [0.1, 0.15) is 18.5 Å². The monoisotopic (exact) mass is 332 g/mol. The number of nitrogens with zero attached hydrogens (tertiary/aromatic N) is 1. The van der Waals surface area contributed by atoms with Crippen LogP contribution in [-0.4, -0.2) is 51.9 Å². The topological polar surface area (TPSA) is 58.6 Å². The molecule has 0 aromatic heterocycles. The first-order chi connectivity index (χ1) is 10.0. The van der Waals surface area contributed by atoms with E-state index in [4.69, 9.17) is 16.3 Å². The van der Waals surface area contributed by atoms with Crippen molar-refractivity contribution < 1.29 is 13.2 Å². The first-order valence-electron chi connectivity index (χ1n) is 7.06. The molecule has 1 aliphatic heterocycles. The lowest BCUT2D eigenvalue weighted by molar-refractivity contribution is 0.0172. The zero-order chi connectivity index (χ0) is 15.3. The smallest absolute Gasteiger partial charge is 0.211 e. The molecule has 0 amide bonds. The van der Waals surface area contributed by atoms with Crippen molar-refractivity contribution in [2.45, 2.75) is 13.0 Å². The molecule has 7 heteroatoms. The quantitative estimate of drug-likeness (QED) is 0.860. The van der Waals surface area contributed by atoms with Crippen LogP contribution in [0.5, 0.6) is 0 Å². The van der Waals surface area contributed by atoms with Crippen molar-refractivity contribution in [1.29, 1.82) is 0 Å². The summed E-state index contributed by atoms with van der Waals surface area (Å²) in [6.45, 7) is 4.87. The van der Waals surface area contributed by atoms with E-state index in [1.54, 1.807) is 6.92 Å². The maximum absolute atomic E-state index is 11.7.